The van der Waals surface area contributed by atoms with E-state index in [1.165, 1.54) is 0 Å². The van der Waals surface area contributed by atoms with E-state index in [1.807, 2.05) is 12.1 Å². The second kappa shape index (κ2) is 6.03. The van der Waals surface area contributed by atoms with E-state index >= 15 is 0 Å². The first-order valence-electron chi connectivity index (χ1n) is 5.55. The number of hydrogen-bond donors (Lipinski definition) is 0. The van der Waals surface area contributed by atoms with Gasteiger partial charge in [-0.1, -0.05) is 12.1 Å². The summed E-state index contributed by atoms with van der Waals surface area (Å²) in [6.45, 7) is 1.23. The number of hydrogen-bond acceptors (Lipinski definition) is 2. The van der Waals surface area contributed by atoms with Crippen LogP contribution in [-0.2, 0) is 10.6 Å². The van der Waals surface area contributed by atoms with Gasteiger partial charge in [0, 0.05) is 5.88 Å². The fourth-order valence-electron chi connectivity index (χ4n) is 1.23. The second-order valence-corrected chi connectivity index (χ2v) is 5.25. The molecule has 0 aliphatic heterocycles. The van der Waals surface area contributed by atoms with Gasteiger partial charge in [0.15, 0.2) is 0 Å². The third-order valence-corrected chi connectivity index (χ3v) is 2.65. The van der Waals surface area contributed by atoms with E-state index < -0.39 is 0 Å². The minimum absolute atomic E-state index is 0.278. The number of nitrogens with zero attached hydrogens (tertiary/aromatic N) is 1. The molecular weight excluding hydrogens is 238 g/mol. The first-order chi connectivity index (χ1) is 7.92. The predicted molar refractivity (Wildman–Crippen MR) is 69.2 cm³/mol. The number of ether oxygens (including phenoxy) is 1. The molecule has 0 amide bonds. The van der Waals surface area contributed by atoms with Gasteiger partial charge in [0.1, 0.15) is 13.2 Å². The fourth-order valence-corrected chi connectivity index (χ4v) is 1.40. The molecule has 0 aliphatic rings. The van der Waals surface area contributed by atoms with Crippen molar-refractivity contribution in [3.63, 3.8) is 0 Å². The number of alkyl halides is 1. The topological polar surface area (TPSA) is 26.3 Å². The Morgan fingerprint density at radius 3 is 2.29 bits per heavy atom. The number of likely N-dealkylation sites (N-methyl/N-ethyl adjacent to an activating group) is 1. The number of rotatable bonds is 5. The van der Waals surface area contributed by atoms with Gasteiger partial charge < -0.3 is 9.22 Å². The van der Waals surface area contributed by atoms with Crippen LogP contribution in [0, 0.1) is 0 Å². The number of carbonyl (C=O) groups is 1. The molecule has 17 heavy (non-hydrogen) atoms. The molecule has 0 unspecified atom stereocenters. The Morgan fingerprint density at radius 1 is 1.24 bits per heavy atom. The Labute approximate surface area is 108 Å². The molecule has 0 N–H and O–H groups in total. The third kappa shape index (κ3) is 5.20. The van der Waals surface area contributed by atoms with Gasteiger partial charge in [-0.3, -0.25) is 0 Å². The summed E-state index contributed by atoms with van der Waals surface area (Å²) in [5.74, 6) is 0.177. The summed E-state index contributed by atoms with van der Waals surface area (Å²) in [6.07, 6.45) is 0. The van der Waals surface area contributed by atoms with Crippen molar-refractivity contribution in [1.82, 2.24) is 0 Å². The molecule has 3 nitrogen and oxygen atoms in total. The molecular formula is C13H19ClNO2+. The Morgan fingerprint density at radius 2 is 1.82 bits per heavy atom. The number of esters is 1. The number of halogens is 1. The van der Waals surface area contributed by atoms with Crippen LogP contribution in [0.25, 0.3) is 0 Å². The van der Waals surface area contributed by atoms with E-state index in [2.05, 4.69) is 21.1 Å². The van der Waals surface area contributed by atoms with Crippen LogP contribution in [0.1, 0.15) is 15.9 Å². The lowest BCUT2D eigenvalue weighted by atomic mass is 10.1. The number of carbonyl (C=O) groups excluding carboxylic acids is 1. The van der Waals surface area contributed by atoms with Crippen LogP contribution in [0.15, 0.2) is 24.3 Å². The van der Waals surface area contributed by atoms with E-state index in [1.54, 1.807) is 12.1 Å². The largest absolute Gasteiger partial charge is 0.456 e. The average molecular weight is 257 g/mol. The van der Waals surface area contributed by atoms with Gasteiger partial charge in [0.25, 0.3) is 0 Å². The van der Waals surface area contributed by atoms with Crippen LogP contribution in [0.5, 0.6) is 0 Å². The standard InChI is InChI=1S/C13H19ClNO2/c1-15(2,3)8-9-17-13(16)12-6-4-11(10-14)5-7-12/h4-7H,8-10H2,1-3H3/q+1. The van der Waals surface area contributed by atoms with Crippen LogP contribution in [0.2, 0.25) is 0 Å². The molecule has 0 saturated carbocycles. The van der Waals surface area contributed by atoms with Crippen LogP contribution < -0.4 is 0 Å². The van der Waals surface area contributed by atoms with Gasteiger partial charge in [0.05, 0.1) is 26.7 Å². The highest BCUT2D eigenvalue weighted by Gasteiger charge is 2.10. The minimum atomic E-state index is -0.278. The van der Waals surface area contributed by atoms with E-state index in [4.69, 9.17) is 16.3 Å². The second-order valence-electron chi connectivity index (χ2n) is 4.98. The van der Waals surface area contributed by atoms with Crippen molar-refractivity contribution < 1.29 is 14.0 Å². The maximum Gasteiger partial charge on any atom is 0.338 e. The molecule has 1 aromatic carbocycles. The zero-order chi connectivity index (χ0) is 12.9. The molecule has 0 radical (unpaired) electrons. The van der Waals surface area contributed by atoms with Gasteiger partial charge in [0.2, 0.25) is 0 Å². The first-order valence-corrected chi connectivity index (χ1v) is 6.08. The maximum absolute atomic E-state index is 11.7. The zero-order valence-electron chi connectivity index (χ0n) is 10.6. The minimum Gasteiger partial charge on any atom is -0.456 e. The van der Waals surface area contributed by atoms with Crippen LogP contribution in [0.3, 0.4) is 0 Å². The lowest BCUT2D eigenvalue weighted by molar-refractivity contribution is -0.870. The van der Waals surface area contributed by atoms with Crippen molar-refractivity contribution in [3.8, 4) is 0 Å². The van der Waals surface area contributed by atoms with Gasteiger partial charge in [-0.05, 0) is 17.7 Å². The summed E-state index contributed by atoms with van der Waals surface area (Å²) in [6, 6.07) is 7.16. The molecule has 94 valence electrons. The Kier molecular flexibility index (Phi) is 4.97. The number of benzene rings is 1. The van der Waals surface area contributed by atoms with Crippen molar-refractivity contribution >= 4 is 17.6 Å². The monoisotopic (exact) mass is 256 g/mol. The van der Waals surface area contributed by atoms with Crippen LogP contribution in [-0.4, -0.2) is 44.7 Å². The van der Waals surface area contributed by atoms with E-state index in [9.17, 15) is 4.79 Å². The summed E-state index contributed by atoms with van der Waals surface area (Å²) in [7, 11) is 6.18. The van der Waals surface area contributed by atoms with Gasteiger partial charge in [-0.2, -0.15) is 0 Å². The van der Waals surface area contributed by atoms with E-state index in [-0.39, 0.29) is 5.97 Å². The van der Waals surface area contributed by atoms with E-state index in [0.29, 0.717) is 18.1 Å². The molecule has 0 atom stereocenters. The Balaban J connectivity index is 2.47. The highest BCUT2D eigenvalue weighted by molar-refractivity contribution is 6.17. The normalized spacial score (nSPS) is 11.3. The SMILES string of the molecule is C[N+](C)(C)CCOC(=O)c1ccc(CCl)cc1. The molecule has 1 aromatic rings. The third-order valence-electron chi connectivity index (χ3n) is 2.34. The molecule has 0 aromatic heterocycles. The summed E-state index contributed by atoms with van der Waals surface area (Å²) in [5, 5.41) is 0. The lowest BCUT2D eigenvalue weighted by Gasteiger charge is -2.23. The smallest absolute Gasteiger partial charge is 0.338 e. The predicted octanol–water partition coefficient (Wildman–Crippen LogP) is 2.29. The molecule has 0 spiro atoms. The quantitative estimate of drug-likeness (QED) is 0.459. The van der Waals surface area contributed by atoms with Crippen molar-refractivity contribution in [1.29, 1.82) is 0 Å². The Hall–Kier alpha value is -1.06. The van der Waals surface area contributed by atoms with Gasteiger partial charge in [-0.15, -0.1) is 11.6 Å². The van der Waals surface area contributed by atoms with Crippen molar-refractivity contribution in [2.45, 2.75) is 5.88 Å². The highest BCUT2D eigenvalue weighted by Crippen LogP contribution is 2.08. The average Bonchev–Trinajstić information content (AvgIpc) is 2.27. The molecule has 0 fully saturated rings. The van der Waals surface area contributed by atoms with Crippen molar-refractivity contribution in [2.24, 2.45) is 0 Å². The maximum atomic E-state index is 11.7. The van der Waals surface area contributed by atoms with Crippen LogP contribution in [0.4, 0.5) is 0 Å². The highest BCUT2D eigenvalue weighted by atomic mass is 35.5. The summed E-state index contributed by atoms with van der Waals surface area (Å²) >= 11 is 5.67. The van der Waals surface area contributed by atoms with Gasteiger partial charge >= 0.3 is 5.97 Å². The molecule has 0 bridgehead atoms. The van der Waals surface area contributed by atoms with Crippen molar-refractivity contribution in [3.05, 3.63) is 35.4 Å². The molecule has 0 saturated heterocycles. The molecule has 0 aliphatic carbocycles. The lowest BCUT2D eigenvalue weighted by Crippen LogP contribution is -2.38. The van der Waals surface area contributed by atoms with Crippen LogP contribution >= 0.6 is 11.6 Å². The fraction of sp³-hybridized carbons (Fsp3) is 0.462. The van der Waals surface area contributed by atoms with Gasteiger partial charge in [-0.25, -0.2) is 4.79 Å². The summed E-state index contributed by atoms with van der Waals surface area (Å²) in [5.41, 5.74) is 1.56. The Bertz CT molecular complexity index is 368. The summed E-state index contributed by atoms with van der Waals surface area (Å²) < 4.78 is 5.97. The first kappa shape index (κ1) is 14.0. The number of quaternary nitrogens is 1. The van der Waals surface area contributed by atoms with E-state index in [0.717, 1.165) is 16.6 Å². The molecule has 1 rings (SSSR count). The summed E-state index contributed by atoms with van der Waals surface area (Å²) in [4.78, 5) is 11.7. The molecule has 4 heteroatoms. The van der Waals surface area contributed by atoms with Crippen molar-refractivity contribution in [2.75, 3.05) is 34.3 Å². The zero-order valence-corrected chi connectivity index (χ0v) is 11.3. The molecule has 0 heterocycles.